The molecular weight excluding hydrogens is 293 g/mol. The van der Waals surface area contributed by atoms with Gasteiger partial charge in [0.15, 0.2) is 0 Å². The van der Waals surface area contributed by atoms with Gasteiger partial charge in [-0.15, -0.1) is 0 Å². The fraction of sp³-hybridized carbons (Fsp3) is 0.467. The van der Waals surface area contributed by atoms with Crippen LogP contribution in [-0.4, -0.2) is 6.54 Å². The summed E-state index contributed by atoms with van der Waals surface area (Å²) in [7, 11) is 0. The van der Waals surface area contributed by atoms with Crippen LogP contribution < -0.4 is 5.32 Å². The lowest BCUT2D eigenvalue weighted by atomic mass is 9.94. The van der Waals surface area contributed by atoms with Gasteiger partial charge in [-0.2, -0.15) is 0 Å². The second-order valence-electron chi connectivity index (χ2n) is 4.95. The van der Waals surface area contributed by atoms with Gasteiger partial charge in [-0.25, -0.2) is 4.39 Å². The van der Waals surface area contributed by atoms with E-state index in [0.717, 1.165) is 22.5 Å². The number of benzene rings is 1. The van der Waals surface area contributed by atoms with E-state index in [1.54, 1.807) is 0 Å². The van der Waals surface area contributed by atoms with Crippen molar-refractivity contribution in [3.63, 3.8) is 0 Å². The first-order valence-electron chi connectivity index (χ1n) is 6.50. The van der Waals surface area contributed by atoms with E-state index in [1.165, 1.54) is 31.4 Å². The smallest absolute Gasteiger partial charge is 0.124 e. The van der Waals surface area contributed by atoms with Crippen LogP contribution in [0.1, 0.15) is 37.8 Å². The summed E-state index contributed by atoms with van der Waals surface area (Å²) in [5.74, 6) is 0.534. The summed E-state index contributed by atoms with van der Waals surface area (Å²) in [5.41, 5.74) is 1.11. The zero-order valence-corrected chi connectivity index (χ0v) is 12.2. The zero-order chi connectivity index (χ0) is 13.0. The molecule has 0 aliphatic heterocycles. The second-order valence-corrected chi connectivity index (χ2v) is 5.80. The summed E-state index contributed by atoms with van der Waals surface area (Å²) in [6, 6.07) is 5.13. The molecule has 0 heterocycles. The van der Waals surface area contributed by atoms with Crippen LogP contribution in [-0.2, 0) is 0 Å². The molecule has 1 aliphatic rings. The maximum absolute atomic E-state index is 13.0. The van der Waals surface area contributed by atoms with Gasteiger partial charge in [-0.3, -0.25) is 0 Å². The van der Waals surface area contributed by atoms with Gasteiger partial charge in [-0.05, 0) is 56.3 Å². The molecule has 1 N–H and O–H groups in total. The Labute approximate surface area is 117 Å². The first-order valence-corrected chi connectivity index (χ1v) is 7.29. The van der Waals surface area contributed by atoms with E-state index in [4.69, 9.17) is 0 Å². The predicted molar refractivity (Wildman–Crippen MR) is 77.0 cm³/mol. The largest absolute Gasteiger partial charge is 0.310 e. The Balaban J connectivity index is 1.90. The van der Waals surface area contributed by atoms with Crippen molar-refractivity contribution in [1.82, 2.24) is 5.32 Å². The molecule has 0 bridgehead atoms. The molecule has 0 radical (unpaired) electrons. The maximum Gasteiger partial charge on any atom is 0.124 e. The van der Waals surface area contributed by atoms with Crippen molar-refractivity contribution in [2.24, 2.45) is 5.92 Å². The third-order valence-electron chi connectivity index (χ3n) is 3.52. The number of rotatable bonds is 4. The average molecular weight is 312 g/mol. The van der Waals surface area contributed by atoms with Crippen molar-refractivity contribution >= 4 is 15.9 Å². The van der Waals surface area contributed by atoms with Crippen molar-refractivity contribution in [3.8, 4) is 0 Å². The molecule has 0 aromatic heterocycles. The lowest BCUT2D eigenvalue weighted by Gasteiger charge is -2.22. The molecule has 0 saturated carbocycles. The molecule has 2 rings (SSSR count). The first kappa shape index (κ1) is 13.8. The van der Waals surface area contributed by atoms with Crippen LogP contribution in [0.4, 0.5) is 4.39 Å². The summed E-state index contributed by atoms with van der Waals surface area (Å²) >= 11 is 3.42. The Kier molecular flexibility index (Phi) is 4.95. The van der Waals surface area contributed by atoms with Gasteiger partial charge in [0.05, 0.1) is 0 Å². The quantitative estimate of drug-likeness (QED) is 0.802. The third-order valence-corrected chi connectivity index (χ3v) is 4.21. The zero-order valence-electron chi connectivity index (χ0n) is 10.6. The van der Waals surface area contributed by atoms with E-state index in [1.807, 2.05) is 6.07 Å². The van der Waals surface area contributed by atoms with Crippen molar-refractivity contribution in [3.05, 3.63) is 46.2 Å². The summed E-state index contributed by atoms with van der Waals surface area (Å²) in [4.78, 5) is 0. The number of hydrogen-bond donors (Lipinski definition) is 1. The SMILES string of the molecule is CC(NCC1CC=CCC1)c1ccc(F)cc1Br. The van der Waals surface area contributed by atoms with Gasteiger partial charge < -0.3 is 5.32 Å². The Morgan fingerprint density at radius 2 is 2.28 bits per heavy atom. The van der Waals surface area contributed by atoms with Crippen molar-refractivity contribution < 1.29 is 4.39 Å². The van der Waals surface area contributed by atoms with E-state index < -0.39 is 0 Å². The van der Waals surface area contributed by atoms with E-state index in [-0.39, 0.29) is 11.9 Å². The standard InChI is InChI=1S/C15H19BrFN/c1-11(14-8-7-13(17)9-15(14)16)18-10-12-5-3-2-4-6-12/h2-3,7-9,11-12,18H,4-6,10H2,1H3. The number of allylic oxidation sites excluding steroid dienone is 2. The fourth-order valence-electron chi connectivity index (χ4n) is 2.35. The molecule has 1 aliphatic carbocycles. The second kappa shape index (κ2) is 6.48. The maximum atomic E-state index is 13.0. The van der Waals surface area contributed by atoms with E-state index >= 15 is 0 Å². The minimum Gasteiger partial charge on any atom is -0.310 e. The molecule has 1 aromatic rings. The van der Waals surface area contributed by atoms with Crippen molar-refractivity contribution in [2.45, 2.75) is 32.2 Å². The first-order chi connectivity index (χ1) is 8.66. The van der Waals surface area contributed by atoms with Gasteiger partial charge in [0, 0.05) is 10.5 Å². The Morgan fingerprint density at radius 3 is 2.94 bits per heavy atom. The van der Waals surface area contributed by atoms with Crippen LogP contribution in [0.5, 0.6) is 0 Å². The molecule has 98 valence electrons. The summed E-state index contributed by atoms with van der Waals surface area (Å²) < 4.78 is 13.9. The molecule has 2 atom stereocenters. The van der Waals surface area contributed by atoms with E-state index in [2.05, 4.69) is 40.3 Å². The highest BCUT2D eigenvalue weighted by molar-refractivity contribution is 9.10. The van der Waals surface area contributed by atoms with Crippen LogP contribution in [0.2, 0.25) is 0 Å². The van der Waals surface area contributed by atoms with E-state index in [9.17, 15) is 4.39 Å². The Morgan fingerprint density at radius 1 is 1.44 bits per heavy atom. The van der Waals surface area contributed by atoms with Gasteiger partial charge in [0.25, 0.3) is 0 Å². The normalized spacial score (nSPS) is 20.9. The van der Waals surface area contributed by atoms with Gasteiger partial charge >= 0.3 is 0 Å². The van der Waals surface area contributed by atoms with E-state index in [0.29, 0.717) is 0 Å². The highest BCUT2D eigenvalue weighted by atomic mass is 79.9. The van der Waals surface area contributed by atoms with Crippen LogP contribution in [0.15, 0.2) is 34.8 Å². The summed E-state index contributed by atoms with van der Waals surface area (Å²) in [6.45, 7) is 3.14. The molecule has 0 fully saturated rings. The Bertz CT molecular complexity index is 431. The van der Waals surface area contributed by atoms with Crippen molar-refractivity contribution in [2.75, 3.05) is 6.54 Å². The summed E-state index contributed by atoms with van der Waals surface area (Å²) in [5, 5.41) is 3.54. The molecule has 2 unspecified atom stereocenters. The Hall–Kier alpha value is -0.670. The van der Waals surface area contributed by atoms with Gasteiger partial charge in [0.1, 0.15) is 5.82 Å². The average Bonchev–Trinajstić information content (AvgIpc) is 2.37. The monoisotopic (exact) mass is 311 g/mol. The topological polar surface area (TPSA) is 12.0 Å². The van der Waals surface area contributed by atoms with Crippen LogP contribution in [0, 0.1) is 11.7 Å². The lowest BCUT2D eigenvalue weighted by Crippen LogP contribution is -2.26. The summed E-state index contributed by atoms with van der Waals surface area (Å²) in [6.07, 6.45) is 8.16. The van der Waals surface area contributed by atoms with Gasteiger partial charge in [-0.1, -0.05) is 34.1 Å². The molecule has 1 nitrogen and oxygen atoms in total. The van der Waals surface area contributed by atoms with Gasteiger partial charge in [0.2, 0.25) is 0 Å². The molecule has 0 saturated heterocycles. The van der Waals surface area contributed by atoms with Crippen LogP contribution in [0.25, 0.3) is 0 Å². The predicted octanol–water partition coefficient (Wildman–Crippen LogP) is 4.60. The minimum atomic E-state index is -0.199. The highest BCUT2D eigenvalue weighted by Crippen LogP contribution is 2.25. The van der Waals surface area contributed by atoms with Crippen LogP contribution >= 0.6 is 15.9 Å². The minimum absolute atomic E-state index is 0.199. The fourth-order valence-corrected chi connectivity index (χ4v) is 3.04. The number of nitrogens with one attached hydrogen (secondary N) is 1. The molecule has 1 aromatic carbocycles. The molecule has 3 heteroatoms. The third kappa shape index (κ3) is 3.66. The molecule has 18 heavy (non-hydrogen) atoms. The molecule has 0 amide bonds. The van der Waals surface area contributed by atoms with Crippen molar-refractivity contribution in [1.29, 1.82) is 0 Å². The van der Waals surface area contributed by atoms with Crippen LogP contribution in [0.3, 0.4) is 0 Å². The highest BCUT2D eigenvalue weighted by Gasteiger charge is 2.13. The molecule has 0 spiro atoms. The molecular formula is C15H19BrFN. The number of halogens is 2. The number of hydrogen-bond acceptors (Lipinski definition) is 1. The lowest BCUT2D eigenvalue weighted by molar-refractivity contribution is 0.415.